The van der Waals surface area contributed by atoms with Crippen molar-refractivity contribution >= 4 is 44.5 Å². The van der Waals surface area contributed by atoms with Crippen molar-refractivity contribution < 1.29 is 22.1 Å². The van der Waals surface area contributed by atoms with Crippen molar-refractivity contribution in [1.29, 1.82) is 0 Å². The van der Waals surface area contributed by atoms with Gasteiger partial charge < -0.3 is 13.5 Å². The first-order chi connectivity index (χ1) is 15.3. The first-order valence-electron chi connectivity index (χ1n) is 9.64. The standard InChI is InChI=1S/C24H16ClNO5S/c1-26-14-15(19-4-2-3-5-21(19)26)12-23-24(27)20-11-8-17(13-22(20)30-23)31-32(28,29)18-9-6-16(25)7-10-18/h2-14H,1H3/b23-12+. The molecule has 1 aliphatic rings. The van der Waals surface area contributed by atoms with Crippen LogP contribution in [0.3, 0.4) is 0 Å². The van der Waals surface area contributed by atoms with Gasteiger partial charge in [-0.25, -0.2) is 0 Å². The second-order valence-electron chi connectivity index (χ2n) is 7.30. The quantitative estimate of drug-likeness (QED) is 0.305. The Labute approximate surface area is 189 Å². The van der Waals surface area contributed by atoms with Crippen LogP contribution in [0.4, 0.5) is 0 Å². The molecule has 0 unspecified atom stereocenters. The van der Waals surface area contributed by atoms with Gasteiger partial charge in [-0.2, -0.15) is 8.42 Å². The van der Waals surface area contributed by atoms with Crippen molar-refractivity contribution in [3.05, 3.63) is 94.8 Å². The van der Waals surface area contributed by atoms with E-state index < -0.39 is 10.1 Å². The summed E-state index contributed by atoms with van der Waals surface area (Å²) in [4.78, 5) is 12.8. The number of fused-ring (bicyclic) bond motifs is 2. The van der Waals surface area contributed by atoms with Crippen molar-refractivity contribution in [2.24, 2.45) is 7.05 Å². The number of ether oxygens (including phenoxy) is 1. The smallest absolute Gasteiger partial charge is 0.339 e. The van der Waals surface area contributed by atoms with Crippen molar-refractivity contribution in [3.63, 3.8) is 0 Å². The third-order valence-corrected chi connectivity index (χ3v) is 6.68. The summed E-state index contributed by atoms with van der Waals surface area (Å²) in [7, 11) is -2.13. The Morgan fingerprint density at radius 2 is 1.78 bits per heavy atom. The highest BCUT2D eigenvalue weighted by Gasteiger charge is 2.29. The summed E-state index contributed by atoms with van der Waals surface area (Å²) < 4.78 is 38.0. The van der Waals surface area contributed by atoms with Gasteiger partial charge in [0.25, 0.3) is 0 Å². The second-order valence-corrected chi connectivity index (χ2v) is 9.28. The van der Waals surface area contributed by atoms with E-state index in [2.05, 4.69) is 0 Å². The van der Waals surface area contributed by atoms with Crippen LogP contribution in [0.5, 0.6) is 11.5 Å². The number of para-hydroxylation sites is 1. The van der Waals surface area contributed by atoms with Gasteiger partial charge in [-0.3, -0.25) is 4.79 Å². The minimum atomic E-state index is -4.06. The van der Waals surface area contributed by atoms with Crippen molar-refractivity contribution in [2.45, 2.75) is 4.90 Å². The van der Waals surface area contributed by atoms with Gasteiger partial charge in [0.15, 0.2) is 5.76 Å². The van der Waals surface area contributed by atoms with Crippen LogP contribution in [0, 0.1) is 0 Å². The van der Waals surface area contributed by atoms with E-state index in [1.807, 2.05) is 42.1 Å². The third-order valence-electron chi connectivity index (χ3n) is 5.16. The fourth-order valence-corrected chi connectivity index (χ4v) is 4.67. The molecule has 0 aliphatic carbocycles. The molecule has 0 fully saturated rings. The number of hydrogen-bond acceptors (Lipinski definition) is 5. The molecule has 0 radical (unpaired) electrons. The molecule has 0 bridgehead atoms. The van der Waals surface area contributed by atoms with Gasteiger partial charge >= 0.3 is 10.1 Å². The molecule has 1 aromatic heterocycles. The van der Waals surface area contributed by atoms with Crippen molar-refractivity contribution in [3.8, 4) is 11.5 Å². The van der Waals surface area contributed by atoms with Crippen LogP contribution in [0.15, 0.2) is 83.6 Å². The Morgan fingerprint density at radius 3 is 2.56 bits per heavy atom. The molecule has 8 heteroatoms. The van der Waals surface area contributed by atoms with Gasteiger partial charge in [0.2, 0.25) is 5.78 Å². The number of halogens is 1. The van der Waals surface area contributed by atoms with Crippen molar-refractivity contribution in [1.82, 2.24) is 4.57 Å². The van der Waals surface area contributed by atoms with Gasteiger partial charge in [0.1, 0.15) is 16.4 Å². The fraction of sp³-hybridized carbons (Fsp3) is 0.0417. The lowest BCUT2D eigenvalue weighted by Gasteiger charge is -2.08. The molecular formula is C24H16ClNO5S. The van der Waals surface area contributed by atoms with E-state index in [4.69, 9.17) is 20.5 Å². The molecule has 0 saturated carbocycles. The van der Waals surface area contributed by atoms with Crippen LogP contribution in [0.2, 0.25) is 5.02 Å². The highest BCUT2D eigenvalue weighted by atomic mass is 35.5. The minimum Gasteiger partial charge on any atom is -0.452 e. The van der Waals surface area contributed by atoms with Crippen LogP contribution in [-0.4, -0.2) is 18.8 Å². The average Bonchev–Trinajstić information content (AvgIpc) is 3.25. The van der Waals surface area contributed by atoms with Crippen molar-refractivity contribution in [2.75, 3.05) is 0 Å². The summed E-state index contributed by atoms with van der Waals surface area (Å²) in [5.41, 5.74) is 2.22. The lowest BCUT2D eigenvalue weighted by atomic mass is 10.1. The summed E-state index contributed by atoms with van der Waals surface area (Å²) in [5, 5.41) is 1.41. The number of nitrogens with zero attached hydrogens (tertiary/aromatic N) is 1. The molecule has 6 nitrogen and oxygen atoms in total. The summed E-state index contributed by atoms with van der Waals surface area (Å²) in [5.74, 6) is 0.164. The van der Waals surface area contributed by atoms with E-state index in [0.717, 1.165) is 16.5 Å². The zero-order valence-electron chi connectivity index (χ0n) is 16.8. The van der Waals surface area contributed by atoms with E-state index in [0.29, 0.717) is 10.6 Å². The molecule has 4 aromatic rings. The molecule has 1 aliphatic heterocycles. The second kappa shape index (κ2) is 7.55. The molecular weight excluding hydrogens is 450 g/mol. The molecule has 160 valence electrons. The number of carbonyl (C=O) groups excluding carboxylic acids is 1. The number of rotatable bonds is 4. The van der Waals surface area contributed by atoms with Gasteiger partial charge in [-0.15, -0.1) is 0 Å². The SMILES string of the molecule is Cn1cc(/C=C2/Oc3cc(OS(=O)(=O)c4ccc(Cl)cc4)ccc3C2=O)c2ccccc21. The summed E-state index contributed by atoms with van der Waals surface area (Å²) in [6.45, 7) is 0. The predicted octanol–water partition coefficient (Wildman–Crippen LogP) is 5.22. The molecule has 0 spiro atoms. The monoisotopic (exact) mass is 465 g/mol. The van der Waals surface area contributed by atoms with Gasteiger partial charge in [0, 0.05) is 40.8 Å². The number of allylic oxidation sites excluding steroid dienone is 1. The third kappa shape index (κ3) is 3.55. The summed E-state index contributed by atoms with van der Waals surface area (Å²) >= 11 is 5.81. The Morgan fingerprint density at radius 1 is 1.03 bits per heavy atom. The normalized spacial score (nSPS) is 14.6. The van der Waals surface area contributed by atoms with Crippen LogP contribution in [0.25, 0.3) is 17.0 Å². The number of ketones is 1. The zero-order valence-corrected chi connectivity index (χ0v) is 18.4. The Balaban J connectivity index is 1.44. The van der Waals surface area contributed by atoms with E-state index >= 15 is 0 Å². The number of aryl methyl sites for hydroxylation is 1. The first-order valence-corrected chi connectivity index (χ1v) is 11.4. The maximum Gasteiger partial charge on any atom is 0.339 e. The van der Waals surface area contributed by atoms with E-state index in [1.165, 1.54) is 42.5 Å². The molecule has 5 rings (SSSR count). The topological polar surface area (TPSA) is 74.6 Å². The molecule has 32 heavy (non-hydrogen) atoms. The average molecular weight is 466 g/mol. The largest absolute Gasteiger partial charge is 0.452 e. The highest BCUT2D eigenvalue weighted by molar-refractivity contribution is 7.87. The Bertz CT molecular complexity index is 1520. The Kier molecular flexibility index (Phi) is 4.80. The van der Waals surface area contributed by atoms with Crippen LogP contribution >= 0.6 is 11.6 Å². The number of Topliss-reactive ketones (excluding diaryl/α,β-unsaturated/α-hetero) is 1. The number of aromatic nitrogens is 1. The molecule has 2 heterocycles. The molecule has 0 N–H and O–H groups in total. The van der Waals surface area contributed by atoms with E-state index in [9.17, 15) is 13.2 Å². The minimum absolute atomic E-state index is 0.0315. The number of carbonyl (C=O) groups is 1. The maximum atomic E-state index is 12.8. The maximum absolute atomic E-state index is 12.8. The van der Waals surface area contributed by atoms with Crippen LogP contribution in [0.1, 0.15) is 15.9 Å². The molecule has 0 saturated heterocycles. The molecule has 0 atom stereocenters. The zero-order chi connectivity index (χ0) is 22.5. The highest BCUT2D eigenvalue weighted by Crippen LogP contribution is 2.36. The molecule has 0 amide bonds. The summed E-state index contributed by atoms with van der Waals surface area (Å²) in [6, 6.07) is 17.8. The van der Waals surface area contributed by atoms with E-state index in [-0.39, 0.29) is 27.9 Å². The van der Waals surface area contributed by atoms with Crippen LogP contribution < -0.4 is 8.92 Å². The van der Waals surface area contributed by atoms with Gasteiger partial charge in [-0.1, -0.05) is 29.8 Å². The number of benzene rings is 3. The van der Waals surface area contributed by atoms with E-state index in [1.54, 1.807) is 6.08 Å². The van der Waals surface area contributed by atoms with Crippen LogP contribution in [-0.2, 0) is 17.2 Å². The lowest BCUT2D eigenvalue weighted by molar-refractivity contribution is 0.101. The van der Waals surface area contributed by atoms with Gasteiger partial charge in [-0.05, 0) is 48.5 Å². The predicted molar refractivity (Wildman–Crippen MR) is 122 cm³/mol. The molecule has 3 aromatic carbocycles. The number of hydrogen-bond donors (Lipinski definition) is 0. The fourth-order valence-electron chi connectivity index (χ4n) is 3.62. The Hall–Kier alpha value is -3.55. The first kappa shape index (κ1) is 20.4. The van der Waals surface area contributed by atoms with Gasteiger partial charge in [0.05, 0.1) is 5.56 Å². The lowest BCUT2D eigenvalue weighted by Crippen LogP contribution is -2.09. The summed E-state index contributed by atoms with van der Waals surface area (Å²) in [6.07, 6.45) is 3.61.